The summed E-state index contributed by atoms with van der Waals surface area (Å²) in [5.74, 6) is 0.866. The Labute approximate surface area is 132 Å². The van der Waals surface area contributed by atoms with Gasteiger partial charge in [-0.25, -0.2) is 4.98 Å². The van der Waals surface area contributed by atoms with Crippen molar-refractivity contribution in [1.29, 1.82) is 0 Å². The molecule has 3 rings (SSSR count). The molecule has 0 aliphatic carbocycles. The summed E-state index contributed by atoms with van der Waals surface area (Å²) in [4.78, 5) is 17.2. The van der Waals surface area contributed by atoms with E-state index < -0.39 is 0 Å². The van der Waals surface area contributed by atoms with Gasteiger partial charge in [-0.2, -0.15) is 4.98 Å². The van der Waals surface area contributed by atoms with Crippen LogP contribution in [0.15, 0.2) is 30.6 Å². The number of fused-ring (bicyclic) bond motifs is 1. The molecule has 0 fully saturated rings. The van der Waals surface area contributed by atoms with Crippen LogP contribution in [0, 0.1) is 0 Å². The standard InChI is InChI=1S/C15H15ClN4S/c1-3-11-7-12-13(18-15(16)19-14(12)21-11)20(2)9-10-5-4-6-17-8-10/h4-8H,3,9H2,1-2H3. The molecule has 4 nitrogen and oxygen atoms in total. The van der Waals surface area contributed by atoms with Crippen molar-refractivity contribution in [2.75, 3.05) is 11.9 Å². The third-order valence-corrected chi connectivity index (χ3v) is 4.59. The molecule has 0 aromatic carbocycles. The van der Waals surface area contributed by atoms with Gasteiger partial charge in [-0.1, -0.05) is 13.0 Å². The van der Waals surface area contributed by atoms with Gasteiger partial charge < -0.3 is 4.90 Å². The summed E-state index contributed by atoms with van der Waals surface area (Å²) in [7, 11) is 2.01. The minimum Gasteiger partial charge on any atom is -0.355 e. The van der Waals surface area contributed by atoms with Crippen LogP contribution < -0.4 is 4.90 Å². The summed E-state index contributed by atoms with van der Waals surface area (Å²) >= 11 is 7.74. The van der Waals surface area contributed by atoms with E-state index in [4.69, 9.17) is 11.6 Å². The van der Waals surface area contributed by atoms with Crippen molar-refractivity contribution in [1.82, 2.24) is 15.0 Å². The van der Waals surface area contributed by atoms with Crippen molar-refractivity contribution in [2.45, 2.75) is 19.9 Å². The molecule has 0 saturated heterocycles. The first-order chi connectivity index (χ1) is 10.2. The van der Waals surface area contributed by atoms with Crippen LogP contribution in [0.4, 0.5) is 5.82 Å². The molecular weight excluding hydrogens is 304 g/mol. The number of hydrogen-bond donors (Lipinski definition) is 0. The number of thiophene rings is 1. The quantitative estimate of drug-likeness (QED) is 0.683. The SMILES string of the molecule is CCc1cc2c(N(C)Cc3cccnc3)nc(Cl)nc2s1. The van der Waals surface area contributed by atoms with E-state index in [0.717, 1.165) is 34.6 Å². The molecule has 0 aliphatic heterocycles. The summed E-state index contributed by atoms with van der Waals surface area (Å²) in [5.41, 5.74) is 1.13. The second kappa shape index (κ2) is 5.95. The van der Waals surface area contributed by atoms with E-state index in [1.807, 2.05) is 19.3 Å². The fraction of sp³-hybridized carbons (Fsp3) is 0.267. The summed E-state index contributed by atoms with van der Waals surface area (Å²) in [5, 5.41) is 1.35. The zero-order valence-corrected chi connectivity index (χ0v) is 13.4. The number of hydrogen-bond acceptors (Lipinski definition) is 5. The summed E-state index contributed by atoms with van der Waals surface area (Å²) < 4.78 is 0. The van der Waals surface area contributed by atoms with Crippen molar-refractivity contribution < 1.29 is 0 Å². The van der Waals surface area contributed by atoms with Gasteiger partial charge in [-0.15, -0.1) is 11.3 Å². The van der Waals surface area contributed by atoms with E-state index in [9.17, 15) is 0 Å². The number of pyridine rings is 1. The fourth-order valence-corrected chi connectivity index (χ4v) is 3.41. The smallest absolute Gasteiger partial charge is 0.225 e. The first-order valence-electron chi connectivity index (χ1n) is 6.73. The van der Waals surface area contributed by atoms with Gasteiger partial charge in [-0.3, -0.25) is 4.98 Å². The van der Waals surface area contributed by atoms with Gasteiger partial charge in [0.05, 0.1) is 5.39 Å². The molecule has 108 valence electrons. The maximum absolute atomic E-state index is 6.07. The molecule has 21 heavy (non-hydrogen) atoms. The van der Waals surface area contributed by atoms with Crippen molar-refractivity contribution in [2.24, 2.45) is 0 Å². The van der Waals surface area contributed by atoms with Gasteiger partial charge in [0.15, 0.2) is 0 Å². The zero-order valence-electron chi connectivity index (χ0n) is 11.9. The minimum atomic E-state index is 0.292. The molecule has 0 unspecified atom stereocenters. The lowest BCUT2D eigenvalue weighted by molar-refractivity contribution is 0.894. The molecule has 0 spiro atoms. The molecule has 0 N–H and O–H groups in total. The van der Waals surface area contributed by atoms with Gasteiger partial charge in [0, 0.05) is 30.9 Å². The third kappa shape index (κ3) is 2.99. The Hall–Kier alpha value is -1.72. The topological polar surface area (TPSA) is 41.9 Å². The second-order valence-corrected chi connectivity index (χ2v) is 6.27. The van der Waals surface area contributed by atoms with Crippen molar-refractivity contribution in [3.63, 3.8) is 0 Å². The van der Waals surface area contributed by atoms with Crippen LogP contribution in [-0.2, 0) is 13.0 Å². The highest BCUT2D eigenvalue weighted by molar-refractivity contribution is 7.18. The highest BCUT2D eigenvalue weighted by Crippen LogP contribution is 2.32. The van der Waals surface area contributed by atoms with E-state index in [1.54, 1.807) is 17.5 Å². The van der Waals surface area contributed by atoms with Crippen molar-refractivity contribution >= 4 is 39.0 Å². The predicted octanol–water partition coefficient (Wildman–Crippen LogP) is 3.94. The van der Waals surface area contributed by atoms with E-state index in [1.165, 1.54) is 4.88 Å². The van der Waals surface area contributed by atoms with Crippen molar-refractivity contribution in [3.05, 3.63) is 46.3 Å². The molecule has 3 aromatic rings. The Balaban J connectivity index is 2.00. The lowest BCUT2D eigenvalue weighted by atomic mass is 10.2. The van der Waals surface area contributed by atoms with E-state index in [-0.39, 0.29) is 0 Å². The number of aryl methyl sites for hydroxylation is 1. The Bertz CT molecular complexity index is 757. The van der Waals surface area contributed by atoms with E-state index in [0.29, 0.717) is 5.28 Å². The van der Waals surface area contributed by atoms with Crippen LogP contribution in [-0.4, -0.2) is 22.0 Å². The third-order valence-electron chi connectivity index (χ3n) is 3.25. The molecule has 0 atom stereocenters. The van der Waals surface area contributed by atoms with Crippen LogP contribution >= 0.6 is 22.9 Å². The van der Waals surface area contributed by atoms with Gasteiger partial charge in [0.2, 0.25) is 5.28 Å². The lowest BCUT2D eigenvalue weighted by Gasteiger charge is -2.18. The number of halogens is 1. The summed E-state index contributed by atoms with van der Waals surface area (Å²) in [6.07, 6.45) is 4.63. The first kappa shape index (κ1) is 14.2. The largest absolute Gasteiger partial charge is 0.355 e. The Morgan fingerprint density at radius 1 is 1.33 bits per heavy atom. The fourth-order valence-electron chi connectivity index (χ4n) is 2.24. The first-order valence-corrected chi connectivity index (χ1v) is 7.93. The van der Waals surface area contributed by atoms with Gasteiger partial charge in [0.25, 0.3) is 0 Å². The van der Waals surface area contributed by atoms with Crippen LogP contribution in [0.5, 0.6) is 0 Å². The van der Waals surface area contributed by atoms with Crippen LogP contribution in [0.3, 0.4) is 0 Å². The highest BCUT2D eigenvalue weighted by atomic mass is 35.5. The molecule has 6 heteroatoms. The number of aromatic nitrogens is 3. The van der Waals surface area contributed by atoms with Gasteiger partial charge >= 0.3 is 0 Å². The normalized spacial score (nSPS) is 11.0. The molecule has 3 aromatic heterocycles. The Kier molecular flexibility index (Phi) is 4.03. The maximum atomic E-state index is 6.07. The van der Waals surface area contributed by atoms with Crippen LogP contribution in [0.1, 0.15) is 17.4 Å². The average Bonchev–Trinajstić information content (AvgIpc) is 2.90. The molecule has 0 saturated carbocycles. The van der Waals surface area contributed by atoms with Gasteiger partial charge in [-0.05, 0) is 35.7 Å². The number of nitrogens with zero attached hydrogens (tertiary/aromatic N) is 4. The second-order valence-electron chi connectivity index (χ2n) is 4.82. The lowest BCUT2D eigenvalue weighted by Crippen LogP contribution is -2.18. The Morgan fingerprint density at radius 2 is 2.19 bits per heavy atom. The van der Waals surface area contributed by atoms with Crippen LogP contribution in [0.25, 0.3) is 10.2 Å². The summed E-state index contributed by atoms with van der Waals surface area (Å²) in [6, 6.07) is 6.14. The van der Waals surface area contributed by atoms with Crippen LogP contribution in [0.2, 0.25) is 5.28 Å². The average molecular weight is 319 g/mol. The molecule has 0 radical (unpaired) electrons. The number of rotatable bonds is 4. The summed E-state index contributed by atoms with van der Waals surface area (Å²) in [6.45, 7) is 2.87. The molecule has 0 aliphatic rings. The van der Waals surface area contributed by atoms with E-state index >= 15 is 0 Å². The minimum absolute atomic E-state index is 0.292. The Morgan fingerprint density at radius 3 is 2.90 bits per heavy atom. The maximum Gasteiger partial charge on any atom is 0.225 e. The molecule has 0 bridgehead atoms. The van der Waals surface area contributed by atoms with Crippen molar-refractivity contribution in [3.8, 4) is 0 Å². The molecule has 3 heterocycles. The van der Waals surface area contributed by atoms with E-state index in [2.05, 4.69) is 38.9 Å². The molecular formula is C15H15ClN4S. The highest BCUT2D eigenvalue weighted by Gasteiger charge is 2.14. The number of anilines is 1. The van der Waals surface area contributed by atoms with Gasteiger partial charge in [0.1, 0.15) is 10.6 Å². The predicted molar refractivity (Wildman–Crippen MR) is 88.1 cm³/mol. The molecule has 0 amide bonds. The monoisotopic (exact) mass is 318 g/mol. The zero-order chi connectivity index (χ0) is 14.8.